The quantitative estimate of drug-likeness (QED) is 0.298. The molecule has 0 heterocycles. The third-order valence-electron chi connectivity index (χ3n) is 4.25. The van der Waals surface area contributed by atoms with E-state index in [2.05, 4.69) is 10.4 Å². The Morgan fingerprint density at radius 3 is 2.42 bits per heavy atom. The molecular formula is C23H17ClF3N3O3. The zero-order valence-corrected chi connectivity index (χ0v) is 17.7. The van der Waals surface area contributed by atoms with Crippen LogP contribution in [0.5, 0.6) is 5.75 Å². The first-order valence-corrected chi connectivity index (χ1v) is 9.88. The number of para-hydroxylation sites is 1. The fourth-order valence-electron chi connectivity index (χ4n) is 2.63. The lowest BCUT2D eigenvalue weighted by atomic mass is 10.2. The van der Waals surface area contributed by atoms with Crippen molar-refractivity contribution in [2.24, 2.45) is 5.10 Å². The van der Waals surface area contributed by atoms with E-state index in [1.165, 1.54) is 12.3 Å². The number of rotatable bonds is 6. The molecule has 0 radical (unpaired) electrons. The van der Waals surface area contributed by atoms with Crippen LogP contribution in [0.15, 0.2) is 77.9 Å². The molecule has 0 fully saturated rings. The number of hydrazone groups is 1. The predicted octanol–water partition coefficient (Wildman–Crippen LogP) is 5.03. The number of amides is 2. The van der Waals surface area contributed by atoms with Crippen LogP contribution in [0.3, 0.4) is 0 Å². The Labute approximate surface area is 192 Å². The van der Waals surface area contributed by atoms with Gasteiger partial charge >= 0.3 is 18.0 Å². The Balaban J connectivity index is 1.58. The molecule has 10 heteroatoms. The van der Waals surface area contributed by atoms with Gasteiger partial charge in [-0.05, 0) is 48.0 Å². The van der Waals surface area contributed by atoms with Crippen LogP contribution < -0.4 is 15.5 Å². The molecule has 0 aliphatic carbocycles. The second kappa shape index (κ2) is 10.6. The molecule has 170 valence electrons. The topological polar surface area (TPSA) is 79.8 Å². The van der Waals surface area contributed by atoms with Crippen LogP contribution in [-0.2, 0) is 22.4 Å². The van der Waals surface area contributed by atoms with Crippen LogP contribution in [0.25, 0.3) is 0 Å². The third kappa shape index (κ3) is 7.08. The largest absolute Gasteiger partial charge is 0.488 e. The van der Waals surface area contributed by atoms with Crippen LogP contribution in [0.2, 0.25) is 5.02 Å². The van der Waals surface area contributed by atoms with Crippen LogP contribution in [0.4, 0.5) is 18.9 Å². The van der Waals surface area contributed by atoms with Crippen LogP contribution >= 0.6 is 11.6 Å². The Hall–Kier alpha value is -3.85. The van der Waals surface area contributed by atoms with Crippen molar-refractivity contribution in [2.45, 2.75) is 12.8 Å². The number of carbonyl (C=O) groups excluding carboxylic acids is 2. The predicted molar refractivity (Wildman–Crippen MR) is 118 cm³/mol. The minimum absolute atomic E-state index is 0.171. The molecule has 3 aromatic rings. The van der Waals surface area contributed by atoms with Gasteiger partial charge in [-0.15, -0.1) is 0 Å². The number of alkyl halides is 3. The number of nitrogens with one attached hydrogen (secondary N) is 2. The summed E-state index contributed by atoms with van der Waals surface area (Å²) >= 11 is 5.86. The van der Waals surface area contributed by atoms with Gasteiger partial charge in [-0.25, -0.2) is 5.43 Å². The third-order valence-corrected chi connectivity index (χ3v) is 4.50. The molecule has 3 rings (SSSR count). The SMILES string of the molecule is O=C(N/N=C\c1ccccc1OCc1ccc(Cl)cc1)C(=O)Nc1cccc(C(F)(F)F)c1. The number of halogens is 4. The van der Waals surface area contributed by atoms with Gasteiger partial charge in [0.05, 0.1) is 11.8 Å². The molecular weight excluding hydrogens is 459 g/mol. The van der Waals surface area contributed by atoms with Crippen molar-refractivity contribution in [1.82, 2.24) is 5.43 Å². The summed E-state index contributed by atoms with van der Waals surface area (Å²) in [6.45, 7) is 0.272. The van der Waals surface area contributed by atoms with Crippen molar-refractivity contribution in [2.75, 3.05) is 5.32 Å². The Morgan fingerprint density at radius 1 is 0.970 bits per heavy atom. The van der Waals surface area contributed by atoms with Gasteiger partial charge in [0.2, 0.25) is 0 Å². The minimum atomic E-state index is -4.57. The van der Waals surface area contributed by atoms with Crippen molar-refractivity contribution in [3.63, 3.8) is 0 Å². The molecule has 0 bridgehead atoms. The zero-order valence-electron chi connectivity index (χ0n) is 16.9. The van der Waals surface area contributed by atoms with Gasteiger partial charge in [-0.3, -0.25) is 9.59 Å². The number of carbonyl (C=O) groups is 2. The maximum Gasteiger partial charge on any atom is 0.416 e. The molecule has 0 aromatic heterocycles. The van der Waals surface area contributed by atoms with E-state index in [0.29, 0.717) is 16.3 Å². The van der Waals surface area contributed by atoms with E-state index in [1.54, 1.807) is 36.4 Å². The lowest BCUT2D eigenvalue weighted by Crippen LogP contribution is -2.32. The maximum absolute atomic E-state index is 12.8. The van der Waals surface area contributed by atoms with Gasteiger partial charge in [0.1, 0.15) is 12.4 Å². The molecule has 0 atom stereocenters. The lowest BCUT2D eigenvalue weighted by molar-refractivity contribution is -0.137. The summed E-state index contributed by atoms with van der Waals surface area (Å²) in [6.07, 6.45) is -3.29. The summed E-state index contributed by atoms with van der Waals surface area (Å²) < 4.78 is 44.1. The highest BCUT2D eigenvalue weighted by atomic mass is 35.5. The monoisotopic (exact) mass is 475 g/mol. The summed E-state index contributed by atoms with van der Waals surface area (Å²) in [6, 6.07) is 18.0. The average Bonchev–Trinajstić information content (AvgIpc) is 2.79. The van der Waals surface area contributed by atoms with Crippen molar-refractivity contribution in [3.05, 3.63) is 94.5 Å². The molecule has 0 spiro atoms. The molecule has 0 aliphatic heterocycles. The summed E-state index contributed by atoms with van der Waals surface area (Å²) in [4.78, 5) is 23.9. The van der Waals surface area contributed by atoms with E-state index in [-0.39, 0.29) is 12.3 Å². The highest BCUT2D eigenvalue weighted by Crippen LogP contribution is 2.30. The molecule has 2 amide bonds. The maximum atomic E-state index is 12.8. The van der Waals surface area contributed by atoms with Crippen molar-refractivity contribution in [3.8, 4) is 5.75 Å². The van der Waals surface area contributed by atoms with E-state index >= 15 is 0 Å². The van der Waals surface area contributed by atoms with Gasteiger partial charge in [-0.2, -0.15) is 18.3 Å². The molecule has 0 saturated carbocycles. The summed E-state index contributed by atoms with van der Waals surface area (Å²) in [7, 11) is 0. The second-order valence-electron chi connectivity index (χ2n) is 6.68. The molecule has 0 saturated heterocycles. The number of anilines is 1. The van der Waals surface area contributed by atoms with Crippen molar-refractivity contribution < 1.29 is 27.5 Å². The first-order chi connectivity index (χ1) is 15.7. The normalized spacial score (nSPS) is 11.3. The minimum Gasteiger partial charge on any atom is -0.488 e. The van der Waals surface area contributed by atoms with E-state index < -0.39 is 23.6 Å². The summed E-state index contributed by atoms with van der Waals surface area (Å²) in [5, 5.41) is 6.43. The van der Waals surface area contributed by atoms with Gasteiger partial charge in [0, 0.05) is 16.3 Å². The summed E-state index contributed by atoms with van der Waals surface area (Å²) in [5.41, 5.74) is 2.33. The molecule has 6 nitrogen and oxygen atoms in total. The van der Waals surface area contributed by atoms with Crippen LogP contribution in [0.1, 0.15) is 16.7 Å². The smallest absolute Gasteiger partial charge is 0.416 e. The molecule has 0 unspecified atom stereocenters. The van der Waals surface area contributed by atoms with E-state index in [4.69, 9.17) is 16.3 Å². The number of hydrogen-bond donors (Lipinski definition) is 2. The van der Waals surface area contributed by atoms with Crippen LogP contribution in [-0.4, -0.2) is 18.0 Å². The van der Waals surface area contributed by atoms with Gasteiger partial charge < -0.3 is 10.1 Å². The zero-order chi connectivity index (χ0) is 23.8. The van der Waals surface area contributed by atoms with Gasteiger partial charge in [-0.1, -0.05) is 41.9 Å². The second-order valence-corrected chi connectivity index (χ2v) is 7.12. The van der Waals surface area contributed by atoms with E-state index in [0.717, 1.165) is 23.8 Å². The first kappa shape index (κ1) is 23.8. The molecule has 33 heavy (non-hydrogen) atoms. The summed E-state index contributed by atoms with van der Waals surface area (Å²) in [5.74, 6) is -1.83. The number of ether oxygens (including phenoxy) is 1. The highest BCUT2D eigenvalue weighted by Gasteiger charge is 2.30. The Bertz CT molecular complexity index is 1170. The molecule has 0 aliphatic rings. The van der Waals surface area contributed by atoms with Crippen LogP contribution in [0, 0.1) is 0 Å². The van der Waals surface area contributed by atoms with E-state index in [9.17, 15) is 22.8 Å². The van der Waals surface area contributed by atoms with Crippen molar-refractivity contribution in [1.29, 1.82) is 0 Å². The first-order valence-electron chi connectivity index (χ1n) is 9.50. The molecule has 3 aromatic carbocycles. The van der Waals surface area contributed by atoms with Gasteiger partial charge in [0.25, 0.3) is 0 Å². The number of hydrogen-bond acceptors (Lipinski definition) is 4. The highest BCUT2D eigenvalue weighted by molar-refractivity contribution is 6.39. The Kier molecular flexibility index (Phi) is 7.68. The lowest BCUT2D eigenvalue weighted by Gasteiger charge is -2.10. The fourth-order valence-corrected chi connectivity index (χ4v) is 2.76. The van der Waals surface area contributed by atoms with E-state index in [1.807, 2.05) is 17.6 Å². The van der Waals surface area contributed by atoms with Gasteiger partial charge in [0.15, 0.2) is 0 Å². The van der Waals surface area contributed by atoms with Crippen molar-refractivity contribution >= 4 is 35.3 Å². The number of benzene rings is 3. The average molecular weight is 476 g/mol. The molecule has 2 N–H and O–H groups in total. The number of nitrogens with zero attached hydrogens (tertiary/aromatic N) is 1. The standard InChI is InChI=1S/C23H17ClF3N3O3/c24-18-10-8-15(9-11-18)14-33-20-7-2-1-4-16(20)13-28-30-22(32)21(31)29-19-6-3-5-17(12-19)23(25,26)27/h1-13H,14H2,(H,29,31)(H,30,32)/b28-13-. The fraction of sp³-hybridized carbons (Fsp3) is 0.0870. The Morgan fingerprint density at radius 2 is 1.70 bits per heavy atom.